The van der Waals surface area contributed by atoms with E-state index in [0.29, 0.717) is 41.3 Å². The standard InChI is InChI=1S/C24H28N2O8/c1-24(2,11-5-4-6-21(28)26-30)22(15-7-9-18(31-3)17(27)12-15)34-23(29)25-16-8-10-19-20(13-16)33-14-32-19/h4,6-10,12-13,22,27,30H,5,11,14H2,1-3H3,(H,25,29)(H,26,28)/b6-4+/t22-/m0/s1. The van der Waals surface area contributed by atoms with Crippen LogP contribution in [0.1, 0.15) is 38.4 Å². The number of amides is 2. The lowest BCUT2D eigenvalue weighted by molar-refractivity contribution is -0.124. The summed E-state index contributed by atoms with van der Waals surface area (Å²) in [5.41, 5.74) is 1.97. The second-order valence-electron chi connectivity index (χ2n) is 8.32. The second kappa shape index (κ2) is 10.8. The summed E-state index contributed by atoms with van der Waals surface area (Å²) in [7, 11) is 1.44. The minimum atomic E-state index is -0.751. The highest BCUT2D eigenvalue weighted by molar-refractivity contribution is 5.86. The van der Waals surface area contributed by atoms with Crippen molar-refractivity contribution in [2.24, 2.45) is 5.41 Å². The summed E-state index contributed by atoms with van der Waals surface area (Å²) in [6, 6.07) is 9.81. The molecule has 0 aliphatic carbocycles. The summed E-state index contributed by atoms with van der Waals surface area (Å²) in [6.45, 7) is 3.94. The van der Waals surface area contributed by atoms with Gasteiger partial charge in [0.15, 0.2) is 23.0 Å². The highest BCUT2D eigenvalue weighted by Gasteiger charge is 2.34. The highest BCUT2D eigenvalue weighted by Crippen LogP contribution is 2.43. The van der Waals surface area contributed by atoms with Crippen LogP contribution in [-0.2, 0) is 9.53 Å². The van der Waals surface area contributed by atoms with Gasteiger partial charge in [0.25, 0.3) is 5.91 Å². The van der Waals surface area contributed by atoms with Gasteiger partial charge in [-0.15, -0.1) is 0 Å². The van der Waals surface area contributed by atoms with E-state index in [-0.39, 0.29) is 12.5 Å². The first-order valence-corrected chi connectivity index (χ1v) is 10.6. The van der Waals surface area contributed by atoms with Crippen LogP contribution in [0.15, 0.2) is 48.6 Å². The minimum absolute atomic E-state index is 0.0832. The average Bonchev–Trinajstić information content (AvgIpc) is 3.28. The number of phenolic OH excluding ortho intramolecular Hbond substituents is 1. The fourth-order valence-electron chi connectivity index (χ4n) is 3.59. The summed E-state index contributed by atoms with van der Waals surface area (Å²) in [6.07, 6.45) is 2.39. The topological polar surface area (TPSA) is 136 Å². The molecule has 10 heteroatoms. The van der Waals surface area contributed by atoms with E-state index in [9.17, 15) is 14.7 Å². The number of methoxy groups -OCH3 is 1. The molecule has 0 unspecified atom stereocenters. The van der Waals surface area contributed by atoms with Gasteiger partial charge in [-0.25, -0.2) is 10.3 Å². The lowest BCUT2D eigenvalue weighted by Gasteiger charge is -2.34. The van der Waals surface area contributed by atoms with Crippen molar-refractivity contribution in [2.75, 3.05) is 19.2 Å². The first-order valence-electron chi connectivity index (χ1n) is 10.6. The molecule has 2 aromatic rings. The van der Waals surface area contributed by atoms with Crippen molar-refractivity contribution in [3.8, 4) is 23.0 Å². The number of nitrogens with one attached hydrogen (secondary N) is 2. The molecule has 2 amide bonds. The molecular weight excluding hydrogens is 444 g/mol. The van der Waals surface area contributed by atoms with Crippen LogP contribution in [0.5, 0.6) is 23.0 Å². The number of benzene rings is 2. The zero-order valence-electron chi connectivity index (χ0n) is 19.2. The first kappa shape index (κ1) is 24.7. The van der Waals surface area contributed by atoms with Crippen molar-refractivity contribution in [3.05, 3.63) is 54.1 Å². The lowest BCUT2D eigenvalue weighted by Crippen LogP contribution is -2.29. The molecule has 3 rings (SSSR count). The molecule has 4 N–H and O–H groups in total. The van der Waals surface area contributed by atoms with Gasteiger partial charge in [-0.05, 0) is 42.7 Å². The quantitative estimate of drug-likeness (QED) is 0.241. The fourth-order valence-corrected chi connectivity index (χ4v) is 3.59. The van der Waals surface area contributed by atoms with E-state index >= 15 is 0 Å². The van der Waals surface area contributed by atoms with Gasteiger partial charge in [0.2, 0.25) is 6.79 Å². The summed E-state index contributed by atoms with van der Waals surface area (Å²) < 4.78 is 21.6. The van der Waals surface area contributed by atoms with Gasteiger partial charge in [0.1, 0.15) is 6.10 Å². The van der Waals surface area contributed by atoms with Crippen molar-refractivity contribution >= 4 is 17.7 Å². The van der Waals surface area contributed by atoms with Crippen molar-refractivity contribution in [2.45, 2.75) is 32.8 Å². The number of allylic oxidation sites excluding steroid dienone is 1. The second-order valence-corrected chi connectivity index (χ2v) is 8.32. The highest BCUT2D eigenvalue weighted by atomic mass is 16.7. The maximum Gasteiger partial charge on any atom is 0.412 e. The largest absolute Gasteiger partial charge is 0.504 e. The molecule has 1 atom stereocenters. The van der Waals surface area contributed by atoms with E-state index in [0.717, 1.165) is 0 Å². The molecule has 10 nitrogen and oxygen atoms in total. The van der Waals surface area contributed by atoms with Crippen LogP contribution in [-0.4, -0.2) is 36.2 Å². The Morgan fingerprint density at radius 2 is 1.94 bits per heavy atom. The Kier molecular flexibility index (Phi) is 7.85. The predicted molar refractivity (Wildman–Crippen MR) is 122 cm³/mol. The van der Waals surface area contributed by atoms with Gasteiger partial charge in [0, 0.05) is 23.2 Å². The molecule has 0 saturated carbocycles. The van der Waals surface area contributed by atoms with Gasteiger partial charge < -0.3 is 24.1 Å². The Hall–Kier alpha value is -3.92. The zero-order valence-corrected chi connectivity index (χ0v) is 19.2. The van der Waals surface area contributed by atoms with Gasteiger partial charge in [-0.3, -0.25) is 15.3 Å². The SMILES string of the molecule is COc1ccc([C@H](OC(=O)Nc2ccc3c(c2)OCO3)C(C)(C)CC/C=C/C(=O)NO)cc1O. The van der Waals surface area contributed by atoms with Gasteiger partial charge in [0.05, 0.1) is 7.11 Å². The van der Waals surface area contributed by atoms with Crippen LogP contribution in [0.25, 0.3) is 0 Å². The maximum atomic E-state index is 12.8. The number of anilines is 1. The monoisotopic (exact) mass is 472 g/mol. The Morgan fingerprint density at radius 3 is 2.65 bits per heavy atom. The van der Waals surface area contributed by atoms with Crippen molar-refractivity contribution in [1.29, 1.82) is 0 Å². The van der Waals surface area contributed by atoms with Crippen LogP contribution < -0.4 is 25.0 Å². The average molecular weight is 472 g/mol. The van der Waals surface area contributed by atoms with Crippen LogP contribution in [0, 0.1) is 5.41 Å². The molecule has 1 heterocycles. The molecule has 0 radical (unpaired) electrons. The molecule has 0 fully saturated rings. The van der Waals surface area contributed by atoms with E-state index in [1.807, 2.05) is 13.8 Å². The minimum Gasteiger partial charge on any atom is -0.504 e. The van der Waals surface area contributed by atoms with E-state index in [4.69, 9.17) is 24.2 Å². The Balaban J connectivity index is 1.79. The number of fused-ring (bicyclic) bond motifs is 1. The number of hydrogen-bond acceptors (Lipinski definition) is 8. The molecule has 34 heavy (non-hydrogen) atoms. The lowest BCUT2D eigenvalue weighted by atomic mass is 9.78. The summed E-state index contributed by atoms with van der Waals surface area (Å²) >= 11 is 0. The van der Waals surface area contributed by atoms with Gasteiger partial charge >= 0.3 is 6.09 Å². The number of hydroxylamine groups is 1. The number of aromatic hydroxyl groups is 1. The molecule has 0 spiro atoms. The molecule has 1 aliphatic rings. The zero-order chi connectivity index (χ0) is 24.7. The summed E-state index contributed by atoms with van der Waals surface area (Å²) in [4.78, 5) is 24.0. The van der Waals surface area contributed by atoms with E-state index in [1.165, 1.54) is 24.7 Å². The summed E-state index contributed by atoms with van der Waals surface area (Å²) in [5.74, 6) is 0.694. The number of carbonyl (C=O) groups is 2. The number of hydrogen-bond donors (Lipinski definition) is 4. The first-order chi connectivity index (χ1) is 16.2. The van der Waals surface area contributed by atoms with Crippen LogP contribution in [0.2, 0.25) is 0 Å². The van der Waals surface area contributed by atoms with Crippen molar-refractivity contribution in [1.82, 2.24) is 5.48 Å². The third-order valence-corrected chi connectivity index (χ3v) is 5.39. The van der Waals surface area contributed by atoms with E-state index < -0.39 is 23.5 Å². The molecule has 0 bridgehead atoms. The Bertz CT molecular complexity index is 1070. The smallest absolute Gasteiger partial charge is 0.412 e. The third-order valence-electron chi connectivity index (χ3n) is 5.39. The number of rotatable bonds is 9. The van der Waals surface area contributed by atoms with Gasteiger partial charge in [-0.2, -0.15) is 0 Å². The molecule has 0 saturated heterocycles. The maximum absolute atomic E-state index is 12.8. The van der Waals surface area contributed by atoms with Crippen LogP contribution in [0.4, 0.5) is 10.5 Å². The molecule has 2 aromatic carbocycles. The molecule has 182 valence electrons. The third kappa shape index (κ3) is 6.10. The van der Waals surface area contributed by atoms with Crippen molar-refractivity contribution < 1.29 is 38.9 Å². The molecule has 0 aromatic heterocycles. The Morgan fingerprint density at radius 1 is 1.18 bits per heavy atom. The van der Waals surface area contributed by atoms with E-state index in [2.05, 4.69) is 5.32 Å². The van der Waals surface area contributed by atoms with E-state index in [1.54, 1.807) is 36.4 Å². The predicted octanol–water partition coefficient (Wildman–Crippen LogP) is 4.29. The van der Waals surface area contributed by atoms with Crippen LogP contribution >= 0.6 is 0 Å². The van der Waals surface area contributed by atoms with Gasteiger partial charge in [-0.1, -0.05) is 26.0 Å². The molecular formula is C24H28N2O8. The number of ether oxygens (including phenoxy) is 4. The van der Waals surface area contributed by atoms with Crippen molar-refractivity contribution in [3.63, 3.8) is 0 Å². The van der Waals surface area contributed by atoms with Crippen LogP contribution in [0.3, 0.4) is 0 Å². The normalized spacial score (nSPS) is 13.4. The number of carbonyl (C=O) groups excluding carboxylic acids is 2. The number of phenols is 1. The molecule has 1 aliphatic heterocycles. The Labute approximate surface area is 197 Å². The summed E-state index contributed by atoms with van der Waals surface area (Å²) in [5, 5.41) is 21.6. The fraction of sp³-hybridized carbons (Fsp3) is 0.333.